The van der Waals surface area contributed by atoms with Crippen LogP contribution < -0.4 is 16.8 Å². The van der Waals surface area contributed by atoms with E-state index in [0.29, 0.717) is 29.9 Å². The van der Waals surface area contributed by atoms with E-state index in [-0.39, 0.29) is 36.1 Å². The third-order valence-corrected chi connectivity index (χ3v) is 3.92. The minimum absolute atomic E-state index is 0. The van der Waals surface area contributed by atoms with E-state index in [9.17, 15) is 9.59 Å². The van der Waals surface area contributed by atoms with Gasteiger partial charge in [0.05, 0.1) is 11.6 Å². The Morgan fingerprint density at radius 3 is 2.46 bits per heavy atom. The second kappa shape index (κ2) is 9.41. The number of nitrogens with zero attached hydrogens (tertiary/aromatic N) is 2. The summed E-state index contributed by atoms with van der Waals surface area (Å²) in [5.41, 5.74) is 7.39. The molecule has 2 aromatic rings. The van der Waals surface area contributed by atoms with Gasteiger partial charge in [-0.25, -0.2) is 4.79 Å². The quantitative estimate of drug-likeness (QED) is 0.794. The molecule has 0 spiro atoms. The highest BCUT2D eigenvalue weighted by molar-refractivity contribution is 5.96. The van der Waals surface area contributed by atoms with Crippen molar-refractivity contribution in [3.8, 4) is 0 Å². The fraction of sp³-hybridized carbons (Fsp3) is 0.529. The number of benzene rings is 1. The number of nitrogens with one attached hydrogen (secondary N) is 1. The van der Waals surface area contributed by atoms with Crippen LogP contribution in [0.25, 0.3) is 11.1 Å². The molecule has 7 nitrogen and oxygen atoms in total. The summed E-state index contributed by atoms with van der Waals surface area (Å²) in [6, 6.07) is 4.49. The highest BCUT2D eigenvalue weighted by Crippen LogP contribution is 2.21. The number of carbonyl (C=O) groups excluding carboxylic acids is 1. The van der Waals surface area contributed by atoms with Crippen molar-refractivity contribution < 1.29 is 9.21 Å². The summed E-state index contributed by atoms with van der Waals surface area (Å²) in [7, 11) is 3.87. The molecule has 1 aromatic carbocycles. The van der Waals surface area contributed by atoms with Gasteiger partial charge in [-0.15, -0.1) is 24.8 Å². The van der Waals surface area contributed by atoms with E-state index in [4.69, 9.17) is 10.2 Å². The molecule has 0 saturated heterocycles. The van der Waals surface area contributed by atoms with E-state index in [2.05, 4.69) is 5.32 Å². The molecule has 0 saturated carbocycles. The Balaban J connectivity index is 0.00000312. The molecule has 0 aliphatic rings. The lowest BCUT2D eigenvalue weighted by atomic mass is 9.87. The van der Waals surface area contributed by atoms with Crippen molar-refractivity contribution in [1.82, 2.24) is 9.47 Å². The average Bonchev–Trinajstić information content (AvgIpc) is 2.78. The molecule has 0 unspecified atom stereocenters. The van der Waals surface area contributed by atoms with Crippen LogP contribution in [-0.2, 0) is 11.3 Å². The van der Waals surface area contributed by atoms with Gasteiger partial charge in [0.2, 0.25) is 5.91 Å². The first-order chi connectivity index (χ1) is 11.1. The topological polar surface area (TPSA) is 93.5 Å². The number of likely N-dealkylation sites (N-methyl/N-ethyl adjacent to an activating group) is 1. The second-order valence-electron chi connectivity index (χ2n) is 7.34. The molecule has 1 atom stereocenters. The van der Waals surface area contributed by atoms with Crippen LogP contribution in [0, 0.1) is 5.41 Å². The standard InChI is InChI=1S/C17H26N4O3.2ClH/c1-17(2,3)14(18)15(22)19-11-6-7-13-12(10-11)21(16(23)24-13)9-8-20(4)5;;/h6-7,10,14H,8-9,18H2,1-5H3,(H,19,22);2*1H/t14-;;/m1../s1. The normalized spacial score (nSPS) is 12.4. The number of carbonyl (C=O) groups is 1. The van der Waals surface area contributed by atoms with Crippen LogP contribution in [0.1, 0.15) is 20.8 Å². The first-order valence-corrected chi connectivity index (χ1v) is 7.94. The third-order valence-electron chi connectivity index (χ3n) is 3.92. The number of hydrogen-bond acceptors (Lipinski definition) is 5. The first kappa shape index (κ1) is 24.5. The maximum absolute atomic E-state index is 12.3. The SMILES string of the molecule is CN(C)CCn1c(=O)oc2ccc(NC(=O)[C@@H](N)C(C)(C)C)cc21.Cl.Cl. The molecule has 3 N–H and O–H groups in total. The molecule has 0 fully saturated rings. The van der Waals surface area contributed by atoms with Crippen LogP contribution in [0.15, 0.2) is 27.4 Å². The lowest BCUT2D eigenvalue weighted by Gasteiger charge is -2.25. The fourth-order valence-corrected chi connectivity index (χ4v) is 2.26. The molecule has 0 radical (unpaired) electrons. The van der Waals surface area contributed by atoms with Crippen molar-refractivity contribution in [2.45, 2.75) is 33.4 Å². The van der Waals surface area contributed by atoms with Gasteiger partial charge in [-0.3, -0.25) is 9.36 Å². The number of amides is 1. The number of aromatic nitrogens is 1. The summed E-state index contributed by atoms with van der Waals surface area (Å²) in [5, 5.41) is 2.81. The number of rotatable bonds is 5. The van der Waals surface area contributed by atoms with Crippen molar-refractivity contribution in [1.29, 1.82) is 0 Å². The maximum atomic E-state index is 12.3. The zero-order valence-electron chi connectivity index (χ0n) is 15.7. The highest BCUT2D eigenvalue weighted by Gasteiger charge is 2.27. The molecule has 1 amide bonds. The summed E-state index contributed by atoms with van der Waals surface area (Å²) >= 11 is 0. The van der Waals surface area contributed by atoms with Crippen LogP contribution >= 0.6 is 24.8 Å². The van der Waals surface area contributed by atoms with Crippen LogP contribution in [0.5, 0.6) is 0 Å². The lowest BCUT2D eigenvalue weighted by molar-refractivity contribution is -0.119. The molecule has 148 valence electrons. The van der Waals surface area contributed by atoms with Gasteiger partial charge in [0.15, 0.2) is 5.58 Å². The summed E-state index contributed by atoms with van der Waals surface area (Å²) in [6.07, 6.45) is 0. The minimum Gasteiger partial charge on any atom is -0.408 e. The highest BCUT2D eigenvalue weighted by atomic mass is 35.5. The predicted octanol–water partition coefficient (Wildman–Crippen LogP) is 2.31. The van der Waals surface area contributed by atoms with Gasteiger partial charge in [-0.05, 0) is 37.7 Å². The zero-order valence-corrected chi connectivity index (χ0v) is 17.4. The smallest absolute Gasteiger partial charge is 0.408 e. The fourth-order valence-electron chi connectivity index (χ4n) is 2.26. The molecule has 9 heteroatoms. The van der Waals surface area contributed by atoms with E-state index in [1.54, 1.807) is 22.8 Å². The monoisotopic (exact) mass is 406 g/mol. The van der Waals surface area contributed by atoms with Gasteiger partial charge in [-0.1, -0.05) is 20.8 Å². The molecule has 0 bridgehead atoms. The first-order valence-electron chi connectivity index (χ1n) is 7.94. The number of oxazole rings is 1. The number of halogens is 2. The molecule has 0 aliphatic heterocycles. The van der Waals surface area contributed by atoms with Gasteiger partial charge in [0.1, 0.15) is 0 Å². The Hall–Kier alpha value is -1.54. The summed E-state index contributed by atoms with van der Waals surface area (Å²) in [5.74, 6) is -0.658. The largest absolute Gasteiger partial charge is 0.419 e. The molecule has 2 rings (SSSR count). The maximum Gasteiger partial charge on any atom is 0.419 e. The van der Waals surface area contributed by atoms with Crippen molar-refractivity contribution in [2.24, 2.45) is 11.1 Å². The van der Waals surface area contributed by atoms with E-state index in [1.165, 1.54) is 0 Å². The molecule has 26 heavy (non-hydrogen) atoms. The minimum atomic E-state index is -0.631. The number of nitrogens with two attached hydrogens (primary N) is 1. The zero-order chi connectivity index (χ0) is 18.1. The van der Waals surface area contributed by atoms with Crippen LogP contribution in [-0.4, -0.2) is 42.1 Å². The van der Waals surface area contributed by atoms with Crippen molar-refractivity contribution in [2.75, 3.05) is 26.0 Å². The average molecular weight is 407 g/mol. The van der Waals surface area contributed by atoms with E-state index in [1.807, 2.05) is 39.8 Å². The number of hydrogen-bond donors (Lipinski definition) is 2. The number of anilines is 1. The van der Waals surface area contributed by atoms with Gasteiger partial charge >= 0.3 is 5.76 Å². The Kier molecular flexibility index (Phi) is 8.85. The second-order valence-corrected chi connectivity index (χ2v) is 7.34. The molecular weight excluding hydrogens is 379 g/mol. The third kappa shape index (κ3) is 5.74. The summed E-state index contributed by atoms with van der Waals surface area (Å²) in [4.78, 5) is 26.2. The van der Waals surface area contributed by atoms with Gasteiger partial charge in [0, 0.05) is 18.8 Å². The van der Waals surface area contributed by atoms with Crippen LogP contribution in [0.3, 0.4) is 0 Å². The van der Waals surface area contributed by atoms with E-state index in [0.717, 1.165) is 0 Å². The Morgan fingerprint density at radius 2 is 1.92 bits per heavy atom. The van der Waals surface area contributed by atoms with E-state index < -0.39 is 11.8 Å². The van der Waals surface area contributed by atoms with Gasteiger partial charge in [0.25, 0.3) is 0 Å². The molecule has 1 heterocycles. The summed E-state index contributed by atoms with van der Waals surface area (Å²) in [6.45, 7) is 6.96. The summed E-state index contributed by atoms with van der Waals surface area (Å²) < 4.78 is 6.81. The van der Waals surface area contributed by atoms with Crippen molar-refractivity contribution in [3.63, 3.8) is 0 Å². The van der Waals surface area contributed by atoms with Gasteiger partial charge < -0.3 is 20.4 Å². The Morgan fingerprint density at radius 1 is 1.31 bits per heavy atom. The molecule has 1 aromatic heterocycles. The Labute approximate surface area is 165 Å². The van der Waals surface area contributed by atoms with Crippen molar-refractivity contribution in [3.05, 3.63) is 28.7 Å². The molecule has 0 aliphatic carbocycles. The van der Waals surface area contributed by atoms with Crippen LogP contribution in [0.2, 0.25) is 0 Å². The predicted molar refractivity (Wildman–Crippen MR) is 110 cm³/mol. The lowest BCUT2D eigenvalue weighted by Crippen LogP contribution is -2.45. The number of fused-ring (bicyclic) bond motifs is 1. The van der Waals surface area contributed by atoms with Crippen LogP contribution in [0.4, 0.5) is 5.69 Å². The van der Waals surface area contributed by atoms with Gasteiger partial charge in [-0.2, -0.15) is 0 Å². The van der Waals surface area contributed by atoms with Crippen molar-refractivity contribution >= 4 is 47.5 Å². The van der Waals surface area contributed by atoms with E-state index >= 15 is 0 Å². The molecular formula is C17H28Cl2N4O3. The Bertz CT molecular complexity index is 793.